The van der Waals surface area contributed by atoms with E-state index in [0.29, 0.717) is 74.5 Å². The number of benzene rings is 4. The third-order valence-corrected chi connectivity index (χ3v) is 11.5. The van der Waals surface area contributed by atoms with Crippen LogP contribution in [0.4, 0.5) is 19.0 Å². The quantitative estimate of drug-likeness (QED) is 0.0590. The number of ether oxygens (including phenoxy) is 3. The summed E-state index contributed by atoms with van der Waals surface area (Å²) in [5.74, 6) is 1.06. The maximum absolute atomic E-state index is 13.3. The Morgan fingerprint density at radius 3 is 2.44 bits per heavy atom. The fourth-order valence-corrected chi connectivity index (χ4v) is 8.02. The fourth-order valence-electron chi connectivity index (χ4n) is 7.21. The number of fused-ring (bicyclic) bond motifs is 1. The molecule has 2 aromatic heterocycles. The molecule has 7 rings (SSSR count). The average Bonchev–Trinajstić information content (AvgIpc) is 3.98. The van der Waals surface area contributed by atoms with E-state index >= 15 is 0 Å². The van der Waals surface area contributed by atoms with Crippen molar-refractivity contribution >= 4 is 39.7 Å². The van der Waals surface area contributed by atoms with E-state index in [-0.39, 0.29) is 17.9 Å². The molecule has 0 bridgehead atoms. The summed E-state index contributed by atoms with van der Waals surface area (Å²) in [6.45, 7) is 7.48. The predicted molar refractivity (Wildman–Crippen MR) is 235 cm³/mol. The van der Waals surface area contributed by atoms with Gasteiger partial charge in [-0.1, -0.05) is 54.6 Å². The van der Waals surface area contributed by atoms with Crippen molar-refractivity contribution in [1.29, 1.82) is 0 Å². The maximum atomic E-state index is 13.3. The highest BCUT2D eigenvalue weighted by Gasteiger charge is 2.30. The lowest BCUT2D eigenvalue weighted by Crippen LogP contribution is -2.40. The number of carbonyl (C=O) groups excluding carboxylic acids is 2. The third-order valence-electron chi connectivity index (χ3n) is 10.5. The average molecular weight is 867 g/mol. The minimum atomic E-state index is -4.41. The van der Waals surface area contributed by atoms with Gasteiger partial charge >= 0.3 is 6.18 Å². The van der Waals surface area contributed by atoms with E-state index in [1.807, 2.05) is 80.0 Å². The molecular weight excluding hydrogens is 818 g/mol. The van der Waals surface area contributed by atoms with Crippen molar-refractivity contribution in [3.8, 4) is 27.3 Å². The van der Waals surface area contributed by atoms with Crippen LogP contribution in [0.25, 0.3) is 32.3 Å². The van der Waals surface area contributed by atoms with Crippen LogP contribution in [0, 0.1) is 6.92 Å². The molecule has 15 heteroatoms. The Kier molecular flexibility index (Phi) is 14.8. The van der Waals surface area contributed by atoms with E-state index in [1.165, 1.54) is 12.1 Å². The van der Waals surface area contributed by atoms with Gasteiger partial charge in [0.1, 0.15) is 18.2 Å². The number of carbonyl (C=O) groups is 2. The molecular formula is C47H49F3N6O5S. The molecule has 2 atom stereocenters. The normalized spacial score (nSPS) is 14.4. The zero-order chi connectivity index (χ0) is 43.5. The number of rotatable bonds is 19. The Morgan fingerprint density at radius 2 is 1.68 bits per heavy atom. The Bertz CT molecular complexity index is 2460. The van der Waals surface area contributed by atoms with Crippen molar-refractivity contribution in [1.82, 2.24) is 25.9 Å². The first-order valence-electron chi connectivity index (χ1n) is 20.6. The van der Waals surface area contributed by atoms with E-state index in [4.69, 9.17) is 14.2 Å². The summed E-state index contributed by atoms with van der Waals surface area (Å²) in [5, 5.41) is 14.2. The molecule has 1 aliphatic heterocycles. The highest BCUT2D eigenvalue weighted by molar-refractivity contribution is 7.13. The third kappa shape index (κ3) is 11.5. The number of hydrogen-bond donors (Lipinski definition) is 4. The lowest BCUT2D eigenvalue weighted by Gasteiger charge is -2.16. The predicted octanol–water partition coefficient (Wildman–Crippen LogP) is 8.74. The van der Waals surface area contributed by atoms with E-state index in [0.717, 1.165) is 69.6 Å². The molecule has 2 amide bonds. The van der Waals surface area contributed by atoms with Gasteiger partial charge in [-0.25, -0.2) is 9.97 Å². The molecule has 0 radical (unpaired) electrons. The van der Waals surface area contributed by atoms with Gasteiger partial charge in [-0.05, 0) is 103 Å². The van der Waals surface area contributed by atoms with Crippen molar-refractivity contribution < 1.29 is 37.0 Å². The lowest BCUT2D eigenvalue weighted by atomic mass is 9.96. The summed E-state index contributed by atoms with van der Waals surface area (Å²) in [6, 6.07) is 26.9. The standard InChI is InChI=1S/C47H49F3N6O5S/c1-30(55-45(57)35-15-18-39-33(26-35)6-3-7-38(39)32-13-16-37(17-14-32)47(48,49)50)40-8-4-10-43(56-40)52-20-21-59-22-23-60-24-25-61-42-27-34(44-31(2)54-29-62-44)11-12-36(42)28-53-46(58)41-9-5-19-51-41/h3-4,6-8,10-18,26-27,29-30,41,51H,5,9,19-25,28H2,1-2H3,(H,52,56)(H,53,58)(H,55,57)/t30-,41?/m0/s1. The Balaban J connectivity index is 0.821. The molecule has 1 fully saturated rings. The SMILES string of the molecule is Cc1ncsc1-c1ccc(CNC(=O)C2CCCN2)c(OCCOCCOCCNc2cccc([C@H](C)NC(=O)c3ccc4c(-c5ccc(C(F)(F)F)cc5)cccc4c3)n2)c1. The number of hydrogen-bond acceptors (Lipinski definition) is 10. The molecule has 62 heavy (non-hydrogen) atoms. The summed E-state index contributed by atoms with van der Waals surface area (Å²) in [5.41, 5.74) is 6.53. The molecule has 1 unspecified atom stereocenters. The topological polar surface area (TPSA) is 136 Å². The van der Waals surface area contributed by atoms with Crippen molar-refractivity contribution in [2.45, 2.75) is 51.5 Å². The minimum absolute atomic E-state index is 0.00323. The number of amides is 2. The molecule has 4 N–H and O–H groups in total. The van der Waals surface area contributed by atoms with Crippen LogP contribution in [0.5, 0.6) is 5.75 Å². The second-order valence-electron chi connectivity index (χ2n) is 14.9. The maximum Gasteiger partial charge on any atom is 0.416 e. The zero-order valence-electron chi connectivity index (χ0n) is 34.5. The van der Waals surface area contributed by atoms with Gasteiger partial charge in [0.15, 0.2) is 0 Å². The van der Waals surface area contributed by atoms with Crippen LogP contribution in [0.3, 0.4) is 0 Å². The van der Waals surface area contributed by atoms with Gasteiger partial charge in [0.25, 0.3) is 5.91 Å². The number of thiazole rings is 1. The first kappa shape index (κ1) is 44.2. The van der Waals surface area contributed by atoms with Gasteiger partial charge in [-0.3, -0.25) is 9.59 Å². The second-order valence-corrected chi connectivity index (χ2v) is 15.8. The molecule has 1 aliphatic rings. The summed E-state index contributed by atoms with van der Waals surface area (Å²) in [6.07, 6.45) is -2.57. The van der Waals surface area contributed by atoms with Crippen molar-refractivity contribution in [3.63, 3.8) is 0 Å². The highest BCUT2D eigenvalue weighted by Crippen LogP contribution is 2.34. The fraction of sp³-hybridized carbons (Fsp3) is 0.319. The molecule has 0 aliphatic carbocycles. The van der Waals surface area contributed by atoms with Crippen LogP contribution in [0.15, 0.2) is 103 Å². The molecule has 3 heterocycles. The van der Waals surface area contributed by atoms with E-state index in [1.54, 1.807) is 23.5 Å². The van der Waals surface area contributed by atoms with Crippen molar-refractivity contribution in [3.05, 3.63) is 131 Å². The monoisotopic (exact) mass is 866 g/mol. The summed E-state index contributed by atoms with van der Waals surface area (Å²) < 4.78 is 57.0. The Hall–Kier alpha value is -5.87. The molecule has 0 saturated carbocycles. The second kappa shape index (κ2) is 20.8. The first-order chi connectivity index (χ1) is 30.0. The number of aromatic nitrogens is 2. The number of nitrogens with zero attached hydrogens (tertiary/aromatic N) is 2. The highest BCUT2D eigenvalue weighted by atomic mass is 32.1. The van der Waals surface area contributed by atoms with Crippen LogP contribution in [0.1, 0.15) is 58.7 Å². The smallest absolute Gasteiger partial charge is 0.416 e. The molecule has 4 aromatic carbocycles. The summed E-state index contributed by atoms with van der Waals surface area (Å²) in [7, 11) is 0. The van der Waals surface area contributed by atoms with Crippen molar-refractivity contribution in [2.75, 3.05) is 51.4 Å². The van der Waals surface area contributed by atoms with Gasteiger partial charge in [0.2, 0.25) is 5.91 Å². The number of anilines is 1. The van der Waals surface area contributed by atoms with Crippen LogP contribution in [0.2, 0.25) is 0 Å². The molecule has 324 valence electrons. The lowest BCUT2D eigenvalue weighted by molar-refractivity contribution is -0.137. The largest absolute Gasteiger partial charge is 0.491 e. The van der Waals surface area contributed by atoms with Crippen LogP contribution < -0.4 is 26.0 Å². The van der Waals surface area contributed by atoms with Crippen LogP contribution in [-0.4, -0.2) is 73.9 Å². The Labute approximate surface area is 362 Å². The van der Waals surface area contributed by atoms with Gasteiger partial charge < -0.3 is 35.5 Å². The first-order valence-corrected chi connectivity index (χ1v) is 21.5. The number of alkyl halides is 3. The number of aryl methyl sites for hydroxylation is 1. The van der Waals surface area contributed by atoms with Crippen molar-refractivity contribution in [2.24, 2.45) is 0 Å². The van der Waals surface area contributed by atoms with Gasteiger partial charge in [-0.15, -0.1) is 11.3 Å². The molecule has 6 aromatic rings. The molecule has 0 spiro atoms. The van der Waals surface area contributed by atoms with E-state index < -0.39 is 17.8 Å². The number of pyridine rings is 1. The minimum Gasteiger partial charge on any atom is -0.491 e. The van der Waals surface area contributed by atoms with Crippen LogP contribution >= 0.6 is 11.3 Å². The zero-order valence-corrected chi connectivity index (χ0v) is 35.3. The van der Waals surface area contributed by atoms with Gasteiger partial charge in [0, 0.05) is 24.2 Å². The molecule has 1 saturated heterocycles. The summed E-state index contributed by atoms with van der Waals surface area (Å²) >= 11 is 1.57. The van der Waals surface area contributed by atoms with E-state index in [9.17, 15) is 22.8 Å². The number of halogens is 3. The molecule has 11 nitrogen and oxygen atoms in total. The number of nitrogens with one attached hydrogen (secondary N) is 4. The van der Waals surface area contributed by atoms with Crippen LogP contribution in [-0.2, 0) is 27.0 Å². The Morgan fingerprint density at radius 1 is 0.903 bits per heavy atom. The summed E-state index contributed by atoms with van der Waals surface area (Å²) in [4.78, 5) is 36.1. The van der Waals surface area contributed by atoms with Gasteiger partial charge in [-0.2, -0.15) is 13.2 Å². The van der Waals surface area contributed by atoms with Gasteiger partial charge in [0.05, 0.1) is 65.9 Å². The van der Waals surface area contributed by atoms with E-state index in [2.05, 4.69) is 31.2 Å².